The van der Waals surface area contributed by atoms with Gasteiger partial charge in [-0.05, 0) is 37.2 Å². The maximum absolute atomic E-state index is 13.0. The lowest BCUT2D eigenvalue weighted by molar-refractivity contribution is -0.201. The van der Waals surface area contributed by atoms with Crippen molar-refractivity contribution >= 4 is 5.91 Å². The fraction of sp³-hybridized carbons (Fsp3) is 0.708. The highest BCUT2D eigenvalue weighted by molar-refractivity contribution is 5.80. The molecule has 2 saturated heterocycles. The molecule has 0 bridgehead atoms. The fourth-order valence-corrected chi connectivity index (χ4v) is 6.73. The van der Waals surface area contributed by atoms with Gasteiger partial charge in [-0.1, -0.05) is 56.0 Å². The zero-order valence-corrected chi connectivity index (χ0v) is 16.9. The Kier molecular flexibility index (Phi) is 4.96. The van der Waals surface area contributed by atoms with Crippen LogP contribution in [0, 0.1) is 11.8 Å². The summed E-state index contributed by atoms with van der Waals surface area (Å²) in [6.07, 6.45) is 9.93. The van der Waals surface area contributed by atoms with Gasteiger partial charge in [0.1, 0.15) is 0 Å². The lowest BCUT2D eigenvalue weighted by atomic mass is 9.60. The van der Waals surface area contributed by atoms with E-state index < -0.39 is 0 Å². The van der Waals surface area contributed by atoms with E-state index in [9.17, 15) is 9.90 Å². The highest BCUT2D eigenvalue weighted by Gasteiger charge is 2.66. The van der Waals surface area contributed by atoms with Crippen molar-refractivity contribution < 1.29 is 9.90 Å². The first-order chi connectivity index (χ1) is 13.7. The zero-order chi connectivity index (χ0) is 19.1. The Balaban J connectivity index is 1.37. The normalized spacial score (nSPS) is 30.5. The smallest absolute Gasteiger partial charge is 0.225 e. The van der Waals surface area contributed by atoms with E-state index in [4.69, 9.17) is 0 Å². The van der Waals surface area contributed by atoms with E-state index in [1.54, 1.807) is 0 Å². The topological polar surface area (TPSA) is 43.8 Å². The maximum atomic E-state index is 13.0. The Bertz CT molecular complexity index is 688. The standard InChI is InChI=1S/C24H34N2O2/c27-15-21-22(19-10-2-1-3-11-19)24(26(21)14-18-8-4-5-9-18)16-25(17-24)23(28)20-12-6-7-13-20/h1-3,10-11,18,20-22,27H,4-9,12-17H2/t21-,22+/m1/s1. The van der Waals surface area contributed by atoms with E-state index >= 15 is 0 Å². The number of hydrogen-bond donors (Lipinski definition) is 1. The average molecular weight is 383 g/mol. The molecule has 4 heteroatoms. The predicted octanol–water partition coefficient (Wildman–Crippen LogP) is 3.41. The molecule has 0 unspecified atom stereocenters. The number of likely N-dealkylation sites (tertiary alicyclic amines) is 2. The van der Waals surface area contributed by atoms with Crippen molar-refractivity contribution in [2.24, 2.45) is 11.8 Å². The van der Waals surface area contributed by atoms with E-state index in [0.717, 1.165) is 38.4 Å². The van der Waals surface area contributed by atoms with Crippen LogP contribution >= 0.6 is 0 Å². The molecular formula is C24H34N2O2. The minimum atomic E-state index is 0.0472. The molecule has 0 aromatic heterocycles. The van der Waals surface area contributed by atoms with Crippen LogP contribution < -0.4 is 0 Å². The molecule has 4 aliphatic rings. The maximum Gasteiger partial charge on any atom is 0.225 e. The van der Waals surface area contributed by atoms with Crippen LogP contribution in [-0.4, -0.2) is 58.6 Å². The van der Waals surface area contributed by atoms with Crippen molar-refractivity contribution in [2.45, 2.75) is 68.9 Å². The van der Waals surface area contributed by atoms with Crippen LogP contribution in [0.5, 0.6) is 0 Å². The summed E-state index contributed by atoms with van der Waals surface area (Å²) < 4.78 is 0. The second kappa shape index (κ2) is 7.46. The monoisotopic (exact) mass is 382 g/mol. The van der Waals surface area contributed by atoms with Crippen molar-refractivity contribution in [3.8, 4) is 0 Å². The van der Waals surface area contributed by atoms with Gasteiger partial charge in [-0.15, -0.1) is 0 Å². The summed E-state index contributed by atoms with van der Waals surface area (Å²) in [7, 11) is 0. The number of carbonyl (C=O) groups is 1. The number of rotatable bonds is 5. The summed E-state index contributed by atoms with van der Waals surface area (Å²) in [6.45, 7) is 3.01. The molecule has 2 heterocycles. The number of aliphatic hydroxyl groups is 1. The second-order valence-electron chi connectivity index (χ2n) is 9.72. The number of nitrogens with zero attached hydrogens (tertiary/aromatic N) is 2. The molecule has 28 heavy (non-hydrogen) atoms. The molecular weight excluding hydrogens is 348 g/mol. The first-order valence-corrected chi connectivity index (χ1v) is 11.4. The third-order valence-corrected chi connectivity index (χ3v) is 8.16. The largest absolute Gasteiger partial charge is 0.395 e. The van der Waals surface area contributed by atoms with E-state index in [-0.39, 0.29) is 24.1 Å². The van der Waals surface area contributed by atoms with E-state index in [2.05, 4.69) is 40.1 Å². The van der Waals surface area contributed by atoms with Crippen LogP contribution in [0.2, 0.25) is 0 Å². The average Bonchev–Trinajstić information content (AvgIpc) is 3.38. The molecule has 2 atom stereocenters. The molecule has 4 fully saturated rings. The van der Waals surface area contributed by atoms with Gasteiger partial charge in [-0.2, -0.15) is 0 Å². The molecule has 1 aromatic rings. The number of benzene rings is 1. The van der Waals surface area contributed by atoms with Crippen LogP contribution in [-0.2, 0) is 4.79 Å². The third-order valence-electron chi connectivity index (χ3n) is 8.16. The van der Waals surface area contributed by atoms with Crippen LogP contribution in [0.25, 0.3) is 0 Å². The molecule has 1 N–H and O–H groups in total. The fourth-order valence-electron chi connectivity index (χ4n) is 6.73. The first kappa shape index (κ1) is 18.6. The molecule has 2 aliphatic carbocycles. The number of amides is 1. The van der Waals surface area contributed by atoms with Gasteiger partial charge >= 0.3 is 0 Å². The molecule has 1 spiro atoms. The van der Waals surface area contributed by atoms with Crippen molar-refractivity contribution in [3.63, 3.8) is 0 Å². The van der Waals surface area contributed by atoms with Gasteiger partial charge in [0.2, 0.25) is 5.91 Å². The summed E-state index contributed by atoms with van der Waals surface area (Å²) >= 11 is 0. The van der Waals surface area contributed by atoms with Gasteiger partial charge in [0.05, 0.1) is 12.1 Å². The van der Waals surface area contributed by atoms with E-state index in [1.807, 2.05) is 0 Å². The molecule has 4 nitrogen and oxygen atoms in total. The number of hydrogen-bond acceptors (Lipinski definition) is 3. The summed E-state index contributed by atoms with van der Waals surface area (Å²) in [5, 5.41) is 10.2. The van der Waals surface area contributed by atoms with Gasteiger partial charge in [-0.25, -0.2) is 0 Å². The summed E-state index contributed by atoms with van der Waals surface area (Å²) in [5.41, 5.74) is 1.38. The first-order valence-electron chi connectivity index (χ1n) is 11.4. The number of carbonyl (C=O) groups excluding carboxylic acids is 1. The van der Waals surface area contributed by atoms with Crippen molar-refractivity contribution in [1.82, 2.24) is 9.80 Å². The zero-order valence-electron chi connectivity index (χ0n) is 16.9. The Morgan fingerprint density at radius 2 is 1.64 bits per heavy atom. The minimum absolute atomic E-state index is 0.0472. The highest BCUT2D eigenvalue weighted by atomic mass is 16.3. The Morgan fingerprint density at radius 1 is 1.00 bits per heavy atom. The summed E-state index contributed by atoms with van der Waals surface area (Å²) in [6, 6.07) is 10.9. The summed E-state index contributed by atoms with van der Waals surface area (Å²) in [5.74, 6) is 1.77. The van der Waals surface area contributed by atoms with Gasteiger partial charge in [0, 0.05) is 37.5 Å². The van der Waals surface area contributed by atoms with Crippen molar-refractivity contribution in [2.75, 3.05) is 26.2 Å². The lowest BCUT2D eigenvalue weighted by Crippen LogP contribution is -2.85. The molecule has 1 aromatic carbocycles. The molecule has 0 radical (unpaired) electrons. The van der Waals surface area contributed by atoms with Crippen molar-refractivity contribution in [1.29, 1.82) is 0 Å². The Morgan fingerprint density at radius 3 is 2.29 bits per heavy atom. The molecule has 5 rings (SSSR count). The Hall–Kier alpha value is -1.39. The van der Waals surface area contributed by atoms with Gasteiger partial charge in [-0.3, -0.25) is 9.69 Å². The minimum Gasteiger partial charge on any atom is -0.395 e. The van der Waals surface area contributed by atoms with E-state index in [0.29, 0.717) is 11.8 Å². The molecule has 2 aliphatic heterocycles. The van der Waals surface area contributed by atoms with Gasteiger partial charge in [0.25, 0.3) is 0 Å². The lowest BCUT2D eigenvalue weighted by Gasteiger charge is -2.71. The van der Waals surface area contributed by atoms with Crippen molar-refractivity contribution in [3.05, 3.63) is 35.9 Å². The quantitative estimate of drug-likeness (QED) is 0.849. The van der Waals surface area contributed by atoms with Crippen LogP contribution in [0.3, 0.4) is 0 Å². The van der Waals surface area contributed by atoms with Gasteiger partial charge < -0.3 is 10.0 Å². The Labute approximate surface area is 168 Å². The third kappa shape index (κ3) is 2.91. The van der Waals surface area contributed by atoms with Gasteiger partial charge in [0.15, 0.2) is 0 Å². The highest BCUT2D eigenvalue weighted by Crippen LogP contribution is 2.55. The van der Waals surface area contributed by atoms with Crippen LogP contribution in [0.15, 0.2) is 30.3 Å². The number of aliphatic hydroxyl groups excluding tert-OH is 1. The SMILES string of the molecule is O=C(C1CCCC1)N1CC2(C1)[C@@H](c1ccccc1)[C@@H](CO)N2CC1CCCC1. The molecule has 2 saturated carbocycles. The molecule has 152 valence electrons. The summed E-state index contributed by atoms with van der Waals surface area (Å²) in [4.78, 5) is 17.7. The molecule has 1 amide bonds. The van der Waals surface area contributed by atoms with Crippen LogP contribution in [0.1, 0.15) is 62.8 Å². The van der Waals surface area contributed by atoms with Crippen LogP contribution in [0.4, 0.5) is 0 Å². The van der Waals surface area contributed by atoms with E-state index in [1.165, 1.54) is 44.1 Å². The predicted molar refractivity (Wildman–Crippen MR) is 110 cm³/mol. The second-order valence-corrected chi connectivity index (χ2v) is 9.72.